The largest absolute Gasteiger partial charge is 0.508 e. The number of hydrogen-bond donors (Lipinski definition) is 1. The van der Waals surface area contributed by atoms with Crippen LogP contribution in [0.2, 0.25) is 0 Å². The summed E-state index contributed by atoms with van der Waals surface area (Å²) in [4.78, 5) is 12.3. The van der Waals surface area contributed by atoms with Crippen molar-refractivity contribution in [1.29, 1.82) is 0 Å². The van der Waals surface area contributed by atoms with Gasteiger partial charge in [-0.3, -0.25) is 4.79 Å². The Hall–Kier alpha value is -1.35. The summed E-state index contributed by atoms with van der Waals surface area (Å²) in [5.74, 6) is 2.78. The Morgan fingerprint density at radius 1 is 1.17 bits per heavy atom. The molecule has 0 amide bonds. The maximum Gasteiger partial charge on any atom is 0.139 e. The third-order valence-corrected chi connectivity index (χ3v) is 6.42. The highest BCUT2D eigenvalue weighted by Gasteiger charge is 2.54. The molecule has 0 aliphatic heterocycles. The summed E-state index contributed by atoms with van der Waals surface area (Å²) in [5, 5.41) is 9.67. The Bertz CT molecular complexity index is 595. The minimum Gasteiger partial charge on any atom is -0.508 e. The van der Waals surface area contributed by atoms with Gasteiger partial charge < -0.3 is 9.84 Å². The lowest BCUT2D eigenvalue weighted by atomic mass is 9.55. The zero-order chi connectivity index (χ0) is 16.6. The number of ketones is 1. The van der Waals surface area contributed by atoms with Gasteiger partial charge in [0.2, 0.25) is 0 Å². The van der Waals surface area contributed by atoms with E-state index in [9.17, 15) is 9.90 Å². The predicted molar refractivity (Wildman–Crippen MR) is 90.7 cm³/mol. The molecule has 1 aromatic carbocycles. The van der Waals surface area contributed by atoms with Crippen LogP contribution in [0.3, 0.4) is 0 Å². The molecule has 0 spiro atoms. The number of phenolic OH excluding ortho intramolecular Hbond substituents is 1. The molecule has 4 atom stereocenters. The van der Waals surface area contributed by atoms with E-state index in [1.54, 1.807) is 14.2 Å². The van der Waals surface area contributed by atoms with Gasteiger partial charge in [0.05, 0.1) is 0 Å². The van der Waals surface area contributed by atoms with E-state index in [0.29, 0.717) is 29.3 Å². The van der Waals surface area contributed by atoms with Crippen LogP contribution < -0.4 is 0 Å². The first-order chi connectivity index (χ1) is 11.0. The van der Waals surface area contributed by atoms with Crippen LogP contribution in [0, 0.1) is 17.3 Å². The number of fused-ring (bicyclic) bond motifs is 5. The Morgan fingerprint density at radius 2 is 1.91 bits per heavy atom. The quantitative estimate of drug-likeness (QED) is 0.784. The number of Topliss-reactive ketones (excluding diaryl/α,β-unsaturated/α-hetero) is 1. The van der Waals surface area contributed by atoms with Crippen molar-refractivity contribution >= 4 is 5.78 Å². The Kier molecular flexibility index (Phi) is 4.50. The molecule has 0 bridgehead atoms. The molecule has 1 N–H and O–H groups in total. The summed E-state index contributed by atoms with van der Waals surface area (Å²) < 4.78 is 4.25. The van der Waals surface area contributed by atoms with Crippen molar-refractivity contribution < 1.29 is 14.6 Å². The van der Waals surface area contributed by atoms with Gasteiger partial charge in [-0.2, -0.15) is 0 Å². The number of carbonyl (C=O) groups is 1. The third kappa shape index (κ3) is 2.69. The second-order valence-corrected chi connectivity index (χ2v) is 7.62. The number of rotatable bonds is 0. The molecular formula is C20H28O3. The van der Waals surface area contributed by atoms with Crippen molar-refractivity contribution in [2.45, 2.75) is 51.4 Å². The van der Waals surface area contributed by atoms with E-state index in [1.165, 1.54) is 17.5 Å². The van der Waals surface area contributed by atoms with Gasteiger partial charge in [-0.05, 0) is 73.1 Å². The van der Waals surface area contributed by atoms with Crippen LogP contribution in [-0.2, 0) is 16.0 Å². The topological polar surface area (TPSA) is 46.5 Å². The number of aryl methyl sites for hydroxylation is 1. The summed E-state index contributed by atoms with van der Waals surface area (Å²) in [7, 11) is 3.25. The van der Waals surface area contributed by atoms with Crippen LogP contribution in [0.25, 0.3) is 0 Å². The molecule has 2 fully saturated rings. The zero-order valence-electron chi connectivity index (χ0n) is 14.5. The molecule has 0 saturated heterocycles. The molecule has 0 radical (unpaired) electrons. The summed E-state index contributed by atoms with van der Waals surface area (Å²) in [6.07, 6.45) is 6.34. The second kappa shape index (κ2) is 6.27. The maximum atomic E-state index is 12.3. The van der Waals surface area contributed by atoms with Crippen molar-refractivity contribution in [3.8, 4) is 5.75 Å². The SMILES string of the molecule is COC.C[C@]12CC[C@@H]3c4ccc(O)cc4CC[C@H]3[C@@H]1CCC2=O. The number of methoxy groups -OCH3 is 1. The van der Waals surface area contributed by atoms with Crippen LogP contribution in [0.4, 0.5) is 0 Å². The molecule has 0 unspecified atom stereocenters. The van der Waals surface area contributed by atoms with E-state index in [2.05, 4.69) is 17.7 Å². The normalized spacial score (nSPS) is 34.7. The zero-order valence-corrected chi connectivity index (χ0v) is 14.5. The van der Waals surface area contributed by atoms with E-state index in [4.69, 9.17) is 0 Å². The summed E-state index contributed by atoms with van der Waals surface area (Å²) in [5.41, 5.74) is 2.75. The molecule has 1 aromatic rings. The van der Waals surface area contributed by atoms with Gasteiger partial charge in [-0.1, -0.05) is 13.0 Å². The van der Waals surface area contributed by atoms with Crippen LogP contribution >= 0.6 is 0 Å². The Morgan fingerprint density at radius 3 is 2.65 bits per heavy atom. The minimum atomic E-state index is -0.0322. The molecule has 3 aliphatic carbocycles. The van der Waals surface area contributed by atoms with Crippen molar-refractivity contribution in [3.63, 3.8) is 0 Å². The maximum absolute atomic E-state index is 12.3. The lowest BCUT2D eigenvalue weighted by Crippen LogP contribution is -2.42. The fourth-order valence-corrected chi connectivity index (χ4v) is 5.34. The van der Waals surface area contributed by atoms with E-state index in [1.807, 2.05) is 12.1 Å². The molecule has 0 aromatic heterocycles. The number of hydrogen-bond acceptors (Lipinski definition) is 3. The number of aromatic hydroxyl groups is 1. The molecular weight excluding hydrogens is 288 g/mol. The van der Waals surface area contributed by atoms with Gasteiger partial charge >= 0.3 is 0 Å². The van der Waals surface area contributed by atoms with Crippen LogP contribution in [0.15, 0.2) is 18.2 Å². The molecule has 3 nitrogen and oxygen atoms in total. The molecule has 3 aliphatic rings. The highest BCUT2D eigenvalue weighted by molar-refractivity contribution is 5.87. The predicted octanol–water partition coefficient (Wildman–Crippen LogP) is 4.08. The number of benzene rings is 1. The fraction of sp³-hybridized carbons (Fsp3) is 0.650. The highest BCUT2D eigenvalue weighted by Crippen LogP contribution is 2.59. The Balaban J connectivity index is 0.000000485. The van der Waals surface area contributed by atoms with Crippen LogP contribution in [0.1, 0.15) is 56.1 Å². The molecule has 0 heterocycles. The average molecular weight is 316 g/mol. The summed E-state index contributed by atoms with van der Waals surface area (Å²) in [6, 6.07) is 5.90. The second-order valence-electron chi connectivity index (χ2n) is 7.62. The van der Waals surface area contributed by atoms with Crippen LogP contribution in [-0.4, -0.2) is 25.1 Å². The molecule has 23 heavy (non-hydrogen) atoms. The van der Waals surface area contributed by atoms with Gasteiger partial charge in [-0.15, -0.1) is 0 Å². The first-order valence-corrected chi connectivity index (χ1v) is 8.76. The smallest absolute Gasteiger partial charge is 0.139 e. The average Bonchev–Trinajstić information content (AvgIpc) is 2.83. The van der Waals surface area contributed by atoms with Crippen molar-refractivity contribution in [2.24, 2.45) is 17.3 Å². The fourth-order valence-electron chi connectivity index (χ4n) is 5.34. The number of carbonyl (C=O) groups excluding carboxylic acids is 1. The monoisotopic (exact) mass is 316 g/mol. The third-order valence-electron chi connectivity index (χ3n) is 6.42. The van der Waals surface area contributed by atoms with Crippen molar-refractivity contribution in [3.05, 3.63) is 29.3 Å². The van der Waals surface area contributed by atoms with E-state index in [0.717, 1.165) is 32.1 Å². The van der Waals surface area contributed by atoms with Crippen LogP contribution in [0.5, 0.6) is 5.75 Å². The Labute approximate surface area is 139 Å². The molecule has 2 saturated carbocycles. The lowest BCUT2D eigenvalue weighted by molar-refractivity contribution is -0.129. The summed E-state index contributed by atoms with van der Waals surface area (Å²) in [6.45, 7) is 2.22. The van der Waals surface area contributed by atoms with Gasteiger partial charge in [0.25, 0.3) is 0 Å². The number of ether oxygens (including phenoxy) is 1. The lowest BCUT2D eigenvalue weighted by Gasteiger charge is -2.48. The van der Waals surface area contributed by atoms with Gasteiger partial charge in [0.1, 0.15) is 11.5 Å². The van der Waals surface area contributed by atoms with Gasteiger partial charge in [0, 0.05) is 26.1 Å². The van der Waals surface area contributed by atoms with Crippen molar-refractivity contribution in [1.82, 2.24) is 0 Å². The first-order valence-electron chi connectivity index (χ1n) is 8.76. The first kappa shape index (κ1) is 16.5. The summed E-state index contributed by atoms with van der Waals surface area (Å²) >= 11 is 0. The van der Waals surface area contributed by atoms with E-state index in [-0.39, 0.29) is 5.41 Å². The highest BCUT2D eigenvalue weighted by atomic mass is 16.4. The standard InChI is InChI=1S/C18H22O2.C2H6O/c1-18-9-8-14-13-5-3-12(19)10-11(13)2-4-15(14)16(18)6-7-17(18)20;1-3-2/h3,5,10,14-16,19H,2,4,6-9H2,1H3;1-2H3/t14-,15-,16+,18+;/m1./s1. The molecule has 4 rings (SSSR count). The molecule has 3 heteroatoms. The van der Waals surface area contributed by atoms with Gasteiger partial charge in [0.15, 0.2) is 0 Å². The molecule has 126 valence electrons. The van der Waals surface area contributed by atoms with Gasteiger partial charge in [-0.25, -0.2) is 0 Å². The van der Waals surface area contributed by atoms with Crippen molar-refractivity contribution in [2.75, 3.05) is 14.2 Å². The van der Waals surface area contributed by atoms with E-state index < -0.39 is 0 Å². The minimum absolute atomic E-state index is 0.0322. The number of phenols is 1. The van der Waals surface area contributed by atoms with E-state index >= 15 is 0 Å².